The first-order chi connectivity index (χ1) is 8.74. The predicted octanol–water partition coefficient (Wildman–Crippen LogP) is 2.53. The van der Waals surface area contributed by atoms with Crippen LogP contribution in [0.5, 0.6) is 0 Å². The van der Waals surface area contributed by atoms with Crippen molar-refractivity contribution in [3.8, 4) is 0 Å². The molecule has 0 aromatic carbocycles. The molecular weight excluding hydrogens is 229 g/mol. The van der Waals surface area contributed by atoms with Gasteiger partial charge in [-0.15, -0.1) is 0 Å². The topological polar surface area (TPSA) is 19.4 Å². The van der Waals surface area contributed by atoms with E-state index in [9.17, 15) is 4.39 Å². The van der Waals surface area contributed by atoms with Crippen LogP contribution in [0.2, 0.25) is 0 Å². The number of aromatic nitrogens is 1. The van der Waals surface area contributed by atoms with Crippen molar-refractivity contribution in [2.45, 2.75) is 38.8 Å². The molecule has 0 spiro atoms. The van der Waals surface area contributed by atoms with Gasteiger partial charge >= 0.3 is 0 Å². The van der Waals surface area contributed by atoms with Gasteiger partial charge < -0.3 is 9.80 Å². The van der Waals surface area contributed by atoms with Gasteiger partial charge in [0.15, 0.2) is 0 Å². The van der Waals surface area contributed by atoms with E-state index in [0.717, 1.165) is 18.8 Å². The summed E-state index contributed by atoms with van der Waals surface area (Å²) >= 11 is 0. The summed E-state index contributed by atoms with van der Waals surface area (Å²) in [7, 11) is 2.16. The van der Waals surface area contributed by atoms with E-state index in [2.05, 4.69) is 21.8 Å². The third-order valence-corrected chi connectivity index (χ3v) is 3.67. The number of hydrogen-bond donors (Lipinski definition) is 0. The number of likely N-dealkylation sites (N-methyl/N-ethyl adjacent to an activating group) is 1. The average molecular weight is 251 g/mol. The zero-order valence-corrected chi connectivity index (χ0v) is 11.4. The van der Waals surface area contributed by atoms with Crippen LogP contribution in [-0.4, -0.2) is 42.1 Å². The van der Waals surface area contributed by atoms with E-state index >= 15 is 0 Å². The molecule has 1 aromatic rings. The second-order valence-corrected chi connectivity index (χ2v) is 4.85. The highest BCUT2D eigenvalue weighted by Crippen LogP contribution is 2.34. The number of hydrogen-bond acceptors (Lipinski definition) is 3. The fraction of sp³-hybridized carbons (Fsp3) is 0.643. The van der Waals surface area contributed by atoms with Crippen LogP contribution in [0.25, 0.3) is 0 Å². The summed E-state index contributed by atoms with van der Waals surface area (Å²) in [6.07, 6.45) is 4.00. The zero-order valence-electron chi connectivity index (χ0n) is 11.4. The molecule has 4 heteroatoms. The monoisotopic (exact) mass is 251 g/mol. The maximum Gasteiger partial charge on any atom is 0.214 e. The van der Waals surface area contributed by atoms with Crippen molar-refractivity contribution in [1.29, 1.82) is 0 Å². The third-order valence-electron chi connectivity index (χ3n) is 3.67. The first kappa shape index (κ1) is 13.3. The molecule has 3 nitrogen and oxygen atoms in total. The van der Waals surface area contributed by atoms with Crippen LogP contribution < -0.4 is 4.90 Å². The van der Waals surface area contributed by atoms with Crippen molar-refractivity contribution in [3.63, 3.8) is 0 Å². The predicted molar refractivity (Wildman–Crippen MR) is 72.3 cm³/mol. The van der Waals surface area contributed by atoms with Gasteiger partial charge in [0.05, 0.1) is 0 Å². The molecule has 2 aliphatic rings. The second-order valence-electron chi connectivity index (χ2n) is 4.85. The van der Waals surface area contributed by atoms with Crippen LogP contribution in [0.3, 0.4) is 0 Å². The number of likely N-dealkylation sites (tertiary alicyclic amines) is 1. The van der Waals surface area contributed by atoms with E-state index in [1.807, 2.05) is 19.9 Å². The molecule has 1 aromatic heterocycles. The minimum atomic E-state index is -0.379. The molecule has 2 aliphatic heterocycles. The van der Waals surface area contributed by atoms with Gasteiger partial charge in [-0.05, 0) is 26.0 Å². The van der Waals surface area contributed by atoms with E-state index in [4.69, 9.17) is 0 Å². The Morgan fingerprint density at radius 1 is 1.22 bits per heavy atom. The molecular formula is C14H22FN3. The van der Waals surface area contributed by atoms with Gasteiger partial charge in [-0.25, -0.2) is 4.98 Å². The van der Waals surface area contributed by atoms with Crippen molar-refractivity contribution in [3.05, 3.63) is 24.3 Å². The van der Waals surface area contributed by atoms with Gasteiger partial charge in [0.25, 0.3) is 0 Å². The Labute approximate surface area is 109 Å². The van der Waals surface area contributed by atoms with Gasteiger partial charge in [-0.1, -0.05) is 13.8 Å². The molecule has 2 saturated heterocycles. The number of piperazine rings is 1. The van der Waals surface area contributed by atoms with Crippen LogP contribution in [0.1, 0.15) is 26.7 Å². The lowest BCUT2D eigenvalue weighted by molar-refractivity contribution is 0.264. The van der Waals surface area contributed by atoms with Crippen molar-refractivity contribution in [2.24, 2.45) is 0 Å². The van der Waals surface area contributed by atoms with Gasteiger partial charge in [-0.2, -0.15) is 4.39 Å². The minimum absolute atomic E-state index is 0.379. The Kier molecular flexibility index (Phi) is 4.17. The van der Waals surface area contributed by atoms with Crippen molar-refractivity contribution in [2.75, 3.05) is 25.0 Å². The van der Waals surface area contributed by atoms with Crippen LogP contribution in [0.4, 0.5) is 10.1 Å². The Hall–Kier alpha value is -1.16. The fourth-order valence-electron chi connectivity index (χ4n) is 3.09. The van der Waals surface area contributed by atoms with Crippen LogP contribution in [0.15, 0.2) is 18.3 Å². The lowest BCUT2D eigenvalue weighted by Crippen LogP contribution is -2.52. The molecule has 0 amide bonds. The largest absolute Gasteiger partial charge is 0.363 e. The normalized spacial score (nSPS) is 26.8. The number of anilines is 1. The molecule has 0 saturated carbocycles. The number of fused-ring (bicyclic) bond motifs is 2. The van der Waals surface area contributed by atoms with Gasteiger partial charge in [0, 0.05) is 43.1 Å². The highest BCUT2D eigenvalue weighted by molar-refractivity contribution is 5.49. The number of rotatable bonds is 1. The smallest absolute Gasteiger partial charge is 0.214 e. The Balaban J connectivity index is 0.000000574. The summed E-state index contributed by atoms with van der Waals surface area (Å²) in [5.74, 6) is -0.379. The number of nitrogens with zero attached hydrogens (tertiary/aromatic N) is 3. The highest BCUT2D eigenvalue weighted by Gasteiger charge is 2.38. The summed E-state index contributed by atoms with van der Waals surface area (Å²) in [6, 6.07) is 4.56. The van der Waals surface area contributed by atoms with E-state index in [1.54, 1.807) is 12.3 Å². The SMILES string of the molecule is CC.CN1CC2CCC(C1)N2c1ccnc(F)c1. The Bertz CT molecular complexity index is 382. The molecule has 2 unspecified atom stereocenters. The van der Waals surface area contributed by atoms with Crippen molar-refractivity contribution >= 4 is 5.69 Å². The summed E-state index contributed by atoms with van der Waals surface area (Å²) in [6.45, 7) is 6.17. The van der Waals surface area contributed by atoms with E-state index < -0.39 is 0 Å². The summed E-state index contributed by atoms with van der Waals surface area (Å²) in [5.41, 5.74) is 0.994. The lowest BCUT2D eigenvalue weighted by Gasteiger charge is -2.41. The molecule has 3 rings (SSSR count). The molecule has 0 N–H and O–H groups in total. The average Bonchev–Trinajstić information content (AvgIpc) is 2.64. The first-order valence-corrected chi connectivity index (χ1v) is 6.82. The fourth-order valence-corrected chi connectivity index (χ4v) is 3.09. The quantitative estimate of drug-likeness (QED) is 0.715. The van der Waals surface area contributed by atoms with Crippen molar-refractivity contribution < 1.29 is 4.39 Å². The number of halogens is 1. The van der Waals surface area contributed by atoms with E-state index in [0.29, 0.717) is 12.1 Å². The zero-order chi connectivity index (χ0) is 13.1. The minimum Gasteiger partial charge on any atom is -0.363 e. The number of pyridine rings is 1. The summed E-state index contributed by atoms with van der Waals surface area (Å²) < 4.78 is 13.1. The molecule has 0 radical (unpaired) electrons. The summed E-state index contributed by atoms with van der Waals surface area (Å²) in [5, 5.41) is 0. The second kappa shape index (κ2) is 5.65. The Morgan fingerprint density at radius 3 is 2.39 bits per heavy atom. The Morgan fingerprint density at radius 2 is 1.83 bits per heavy atom. The van der Waals surface area contributed by atoms with Crippen LogP contribution in [0, 0.1) is 5.95 Å². The molecule has 0 aliphatic carbocycles. The standard InChI is InChI=1S/C12H16FN3.C2H6/c1-15-7-10-2-3-11(8-15)16(10)9-4-5-14-12(13)6-9;1-2/h4-6,10-11H,2-3,7-8H2,1H3;1-2H3. The van der Waals surface area contributed by atoms with E-state index in [1.165, 1.54) is 12.8 Å². The highest BCUT2D eigenvalue weighted by atomic mass is 19.1. The van der Waals surface area contributed by atoms with Gasteiger partial charge in [0.2, 0.25) is 5.95 Å². The van der Waals surface area contributed by atoms with Crippen LogP contribution >= 0.6 is 0 Å². The van der Waals surface area contributed by atoms with Gasteiger partial charge in [0.1, 0.15) is 0 Å². The van der Waals surface area contributed by atoms with Crippen molar-refractivity contribution in [1.82, 2.24) is 9.88 Å². The summed E-state index contributed by atoms with van der Waals surface area (Å²) in [4.78, 5) is 8.37. The van der Waals surface area contributed by atoms with Gasteiger partial charge in [-0.3, -0.25) is 0 Å². The maximum absolute atomic E-state index is 13.1. The maximum atomic E-state index is 13.1. The lowest BCUT2D eigenvalue weighted by atomic mass is 10.1. The van der Waals surface area contributed by atoms with E-state index in [-0.39, 0.29) is 5.95 Å². The molecule has 2 fully saturated rings. The molecule has 2 atom stereocenters. The molecule has 3 heterocycles. The molecule has 100 valence electrons. The third kappa shape index (κ3) is 2.48. The van der Waals surface area contributed by atoms with Crippen LogP contribution in [-0.2, 0) is 0 Å². The molecule has 18 heavy (non-hydrogen) atoms. The first-order valence-electron chi connectivity index (χ1n) is 6.82. The molecule has 2 bridgehead atoms.